The van der Waals surface area contributed by atoms with Crippen molar-refractivity contribution in [3.8, 4) is 0 Å². The molecule has 0 heterocycles. The van der Waals surface area contributed by atoms with Gasteiger partial charge in [-0.1, -0.05) is 97.6 Å². The zero-order chi connectivity index (χ0) is 22.4. The number of carbonyl (C=O) groups excluding carboxylic acids is 1. The molecule has 30 heavy (non-hydrogen) atoms. The molecule has 0 aliphatic carbocycles. The van der Waals surface area contributed by atoms with Crippen LogP contribution in [-0.2, 0) is 4.74 Å². The average molecular weight is 419 g/mol. The smallest absolute Gasteiger partial charge is 0.339 e. The van der Waals surface area contributed by atoms with Crippen LogP contribution >= 0.6 is 0 Å². The number of carbonyl (C=O) groups is 2. The van der Waals surface area contributed by atoms with E-state index in [2.05, 4.69) is 13.8 Å². The fraction of sp³-hybridized carbons (Fsp3) is 0.692. The number of hydrogen-bond donors (Lipinski definition) is 1. The molecule has 0 aromatic heterocycles. The highest BCUT2D eigenvalue weighted by Crippen LogP contribution is 2.20. The first-order valence-electron chi connectivity index (χ1n) is 11.9. The number of ether oxygens (including phenoxy) is 1. The van der Waals surface area contributed by atoms with Crippen LogP contribution in [0.1, 0.15) is 119 Å². The van der Waals surface area contributed by atoms with E-state index in [1.165, 1.54) is 63.5 Å². The van der Waals surface area contributed by atoms with Crippen molar-refractivity contribution in [3.63, 3.8) is 0 Å². The molecule has 0 spiro atoms. The Morgan fingerprint density at radius 1 is 0.767 bits per heavy atom. The molecule has 0 radical (unpaired) electrons. The molecule has 1 unspecified atom stereocenters. The van der Waals surface area contributed by atoms with E-state index < -0.39 is 11.9 Å². The largest absolute Gasteiger partial charge is 0.478 e. The first-order valence-corrected chi connectivity index (χ1v) is 11.9. The molecule has 4 heteroatoms. The number of unbranched alkanes of at least 4 members (excludes halogenated alkanes) is 8. The molecule has 0 aliphatic heterocycles. The zero-order valence-corrected chi connectivity index (χ0v) is 19.5. The third-order valence-electron chi connectivity index (χ3n) is 5.65. The summed E-state index contributed by atoms with van der Waals surface area (Å²) in [5.74, 6) is -0.615. The summed E-state index contributed by atoms with van der Waals surface area (Å²) < 4.78 is 5.69. The molecular weight excluding hydrogens is 376 g/mol. The first-order chi connectivity index (χ1) is 14.3. The van der Waals surface area contributed by atoms with E-state index in [-0.39, 0.29) is 23.1 Å². The van der Waals surface area contributed by atoms with Crippen LogP contribution in [0.3, 0.4) is 0 Å². The lowest BCUT2D eigenvalue weighted by molar-refractivity contribution is 0.0147. The summed E-state index contributed by atoms with van der Waals surface area (Å²) in [4.78, 5) is 23.9. The Bertz CT molecular complexity index is 621. The van der Waals surface area contributed by atoms with Crippen LogP contribution in [0.5, 0.6) is 0 Å². The summed E-state index contributed by atoms with van der Waals surface area (Å²) >= 11 is 0. The summed E-state index contributed by atoms with van der Waals surface area (Å²) in [5, 5.41) is 9.28. The van der Waals surface area contributed by atoms with E-state index in [1.807, 2.05) is 13.8 Å². The van der Waals surface area contributed by atoms with Gasteiger partial charge in [0.1, 0.15) is 6.10 Å². The number of esters is 1. The normalized spacial score (nSPS) is 12.3. The van der Waals surface area contributed by atoms with Gasteiger partial charge in [-0.2, -0.15) is 0 Å². The van der Waals surface area contributed by atoms with Gasteiger partial charge in [-0.3, -0.25) is 0 Å². The van der Waals surface area contributed by atoms with Gasteiger partial charge in [0.15, 0.2) is 0 Å². The Hall–Kier alpha value is -1.84. The van der Waals surface area contributed by atoms with Gasteiger partial charge in [-0.05, 0) is 36.8 Å². The number of carboxylic acid groups (broad SMARTS) is 1. The van der Waals surface area contributed by atoms with Crippen LogP contribution in [0.25, 0.3) is 0 Å². The molecule has 0 aliphatic rings. The molecule has 4 nitrogen and oxygen atoms in total. The molecule has 1 aromatic carbocycles. The predicted molar refractivity (Wildman–Crippen MR) is 123 cm³/mol. The van der Waals surface area contributed by atoms with Gasteiger partial charge in [0.05, 0.1) is 11.1 Å². The fourth-order valence-electron chi connectivity index (χ4n) is 3.71. The van der Waals surface area contributed by atoms with Gasteiger partial charge in [-0.15, -0.1) is 0 Å². The standard InChI is InChI=1S/C26H42O4/c1-20(2)16-12-10-8-6-5-7-9-11-13-19-24(21(3)4)30-26(29)23-18-15-14-17-22(23)25(27)28/h14-15,17-18,20-21,24H,5-13,16,19H2,1-4H3,(H,27,28). The lowest BCUT2D eigenvalue weighted by Gasteiger charge is -2.22. The maximum absolute atomic E-state index is 12.5. The first kappa shape index (κ1) is 26.2. The van der Waals surface area contributed by atoms with Crippen LogP contribution in [0.2, 0.25) is 0 Å². The third-order valence-corrected chi connectivity index (χ3v) is 5.65. The molecular formula is C26H42O4. The Balaban J connectivity index is 2.26. The van der Waals surface area contributed by atoms with Gasteiger partial charge in [-0.25, -0.2) is 9.59 Å². The van der Waals surface area contributed by atoms with Crippen LogP contribution in [0.4, 0.5) is 0 Å². The van der Waals surface area contributed by atoms with Crippen LogP contribution in [0, 0.1) is 11.8 Å². The quantitative estimate of drug-likeness (QED) is 0.223. The Kier molecular flexibility index (Phi) is 13.1. The molecule has 1 atom stereocenters. The minimum Gasteiger partial charge on any atom is -0.478 e. The molecule has 1 aromatic rings. The van der Waals surface area contributed by atoms with Gasteiger partial charge in [0, 0.05) is 0 Å². The monoisotopic (exact) mass is 418 g/mol. The summed E-state index contributed by atoms with van der Waals surface area (Å²) in [7, 11) is 0. The maximum atomic E-state index is 12.5. The highest BCUT2D eigenvalue weighted by molar-refractivity contribution is 6.02. The van der Waals surface area contributed by atoms with E-state index in [1.54, 1.807) is 12.1 Å². The number of rotatable bonds is 16. The molecule has 0 bridgehead atoms. The number of aromatic carboxylic acids is 1. The molecule has 0 fully saturated rings. The number of carboxylic acids is 1. The second kappa shape index (κ2) is 15.0. The minimum atomic E-state index is -1.11. The van der Waals surface area contributed by atoms with Gasteiger partial charge in [0.25, 0.3) is 0 Å². The third kappa shape index (κ3) is 10.8. The number of hydrogen-bond acceptors (Lipinski definition) is 3. The Morgan fingerprint density at radius 3 is 1.70 bits per heavy atom. The van der Waals surface area contributed by atoms with Gasteiger partial charge < -0.3 is 9.84 Å². The topological polar surface area (TPSA) is 63.6 Å². The lowest BCUT2D eigenvalue weighted by atomic mass is 9.99. The number of benzene rings is 1. The second-order valence-electron chi connectivity index (χ2n) is 9.19. The average Bonchev–Trinajstić information content (AvgIpc) is 2.70. The predicted octanol–water partition coefficient (Wildman–Crippen LogP) is 7.51. The van der Waals surface area contributed by atoms with Crippen molar-refractivity contribution in [2.45, 2.75) is 104 Å². The summed E-state index contributed by atoms with van der Waals surface area (Å²) in [6, 6.07) is 6.24. The SMILES string of the molecule is CC(C)CCCCCCCCCCCC(OC(=O)c1ccccc1C(=O)O)C(C)C. The van der Waals surface area contributed by atoms with Gasteiger partial charge in [0.2, 0.25) is 0 Å². The maximum Gasteiger partial charge on any atom is 0.339 e. The van der Waals surface area contributed by atoms with Crippen molar-refractivity contribution in [1.29, 1.82) is 0 Å². The Labute approximate surface area is 183 Å². The molecule has 1 N–H and O–H groups in total. The van der Waals surface area contributed by atoms with E-state index in [0.717, 1.165) is 25.2 Å². The summed E-state index contributed by atoms with van der Waals surface area (Å²) in [5.41, 5.74) is 0.123. The summed E-state index contributed by atoms with van der Waals surface area (Å²) in [6.45, 7) is 8.67. The van der Waals surface area contributed by atoms with Crippen molar-refractivity contribution in [2.24, 2.45) is 11.8 Å². The molecule has 170 valence electrons. The van der Waals surface area contributed by atoms with Gasteiger partial charge >= 0.3 is 11.9 Å². The van der Waals surface area contributed by atoms with Crippen molar-refractivity contribution < 1.29 is 19.4 Å². The molecule has 1 rings (SSSR count). The lowest BCUT2D eigenvalue weighted by Crippen LogP contribution is -2.24. The molecule has 0 saturated heterocycles. The van der Waals surface area contributed by atoms with E-state index >= 15 is 0 Å². The van der Waals surface area contributed by atoms with Crippen LogP contribution in [-0.4, -0.2) is 23.1 Å². The fourth-order valence-corrected chi connectivity index (χ4v) is 3.71. The highest BCUT2D eigenvalue weighted by Gasteiger charge is 2.22. The molecule has 0 amide bonds. The summed E-state index contributed by atoms with van der Waals surface area (Å²) in [6.07, 6.45) is 13.4. The minimum absolute atomic E-state index is 0.00536. The Morgan fingerprint density at radius 2 is 1.23 bits per heavy atom. The van der Waals surface area contributed by atoms with E-state index in [4.69, 9.17) is 4.74 Å². The van der Waals surface area contributed by atoms with E-state index in [0.29, 0.717) is 0 Å². The van der Waals surface area contributed by atoms with Crippen molar-refractivity contribution >= 4 is 11.9 Å². The van der Waals surface area contributed by atoms with Crippen molar-refractivity contribution in [2.75, 3.05) is 0 Å². The van der Waals surface area contributed by atoms with Crippen LogP contribution in [0.15, 0.2) is 24.3 Å². The molecule has 0 saturated carbocycles. The zero-order valence-electron chi connectivity index (χ0n) is 19.5. The highest BCUT2D eigenvalue weighted by atomic mass is 16.5. The van der Waals surface area contributed by atoms with Crippen LogP contribution < -0.4 is 0 Å². The van der Waals surface area contributed by atoms with E-state index in [9.17, 15) is 14.7 Å². The second-order valence-corrected chi connectivity index (χ2v) is 9.19. The van der Waals surface area contributed by atoms with Crippen molar-refractivity contribution in [1.82, 2.24) is 0 Å². The van der Waals surface area contributed by atoms with Crippen molar-refractivity contribution in [3.05, 3.63) is 35.4 Å².